The fourth-order valence-corrected chi connectivity index (χ4v) is 2.49. The molecule has 7 heteroatoms. The maximum atomic E-state index is 12.6. The van der Waals surface area contributed by atoms with E-state index < -0.39 is 11.7 Å². The van der Waals surface area contributed by atoms with Crippen molar-refractivity contribution in [1.82, 2.24) is 10.2 Å². The van der Waals surface area contributed by atoms with Crippen molar-refractivity contribution in [2.45, 2.75) is 38.4 Å². The van der Waals surface area contributed by atoms with Crippen molar-refractivity contribution in [3.63, 3.8) is 0 Å². The normalized spacial score (nSPS) is 16.1. The fraction of sp³-hybridized carbons (Fsp3) is 0.500. The van der Waals surface area contributed by atoms with Crippen LogP contribution in [0, 0.1) is 0 Å². The van der Waals surface area contributed by atoms with Gasteiger partial charge < -0.3 is 10.2 Å². The van der Waals surface area contributed by atoms with E-state index in [0.29, 0.717) is 18.5 Å². The lowest BCUT2D eigenvalue weighted by Gasteiger charge is -2.19. The molecule has 0 spiro atoms. The quantitative estimate of drug-likeness (QED) is 0.924. The van der Waals surface area contributed by atoms with Crippen molar-refractivity contribution in [1.29, 1.82) is 0 Å². The van der Waals surface area contributed by atoms with Crippen molar-refractivity contribution in [2.75, 3.05) is 13.1 Å². The Morgan fingerprint density at radius 2 is 2.00 bits per heavy atom. The summed E-state index contributed by atoms with van der Waals surface area (Å²) >= 11 is 0. The van der Waals surface area contributed by atoms with Crippen LogP contribution in [0.5, 0.6) is 0 Å². The lowest BCUT2D eigenvalue weighted by Crippen LogP contribution is -2.40. The summed E-state index contributed by atoms with van der Waals surface area (Å²) in [4.78, 5) is 25.2. The Labute approximate surface area is 132 Å². The number of nitrogens with zero attached hydrogens (tertiary/aromatic N) is 1. The minimum absolute atomic E-state index is 0.00475. The highest BCUT2D eigenvalue weighted by Crippen LogP contribution is 2.29. The third-order valence-corrected chi connectivity index (χ3v) is 3.75. The largest absolute Gasteiger partial charge is 0.416 e. The first kappa shape index (κ1) is 17.3. The molecule has 1 N–H and O–H groups in total. The highest BCUT2D eigenvalue weighted by atomic mass is 19.4. The molecular formula is C16H19F3N2O2. The molecule has 1 aromatic rings. The molecule has 1 heterocycles. The minimum Gasteiger partial charge on any atom is -0.350 e. The van der Waals surface area contributed by atoms with Crippen LogP contribution in [0.1, 0.15) is 36.8 Å². The van der Waals surface area contributed by atoms with Crippen LogP contribution in [-0.2, 0) is 22.3 Å². The molecule has 1 aliphatic rings. The van der Waals surface area contributed by atoms with Crippen LogP contribution in [0.25, 0.3) is 0 Å². The van der Waals surface area contributed by atoms with Crippen molar-refractivity contribution >= 4 is 11.8 Å². The van der Waals surface area contributed by atoms with E-state index in [1.54, 1.807) is 0 Å². The van der Waals surface area contributed by atoms with Gasteiger partial charge in [-0.1, -0.05) is 18.6 Å². The number of rotatable bonds is 4. The Kier molecular flexibility index (Phi) is 5.63. The van der Waals surface area contributed by atoms with Gasteiger partial charge in [0.15, 0.2) is 0 Å². The van der Waals surface area contributed by atoms with E-state index >= 15 is 0 Å². The average Bonchev–Trinajstić information content (AvgIpc) is 2.70. The van der Waals surface area contributed by atoms with Crippen LogP contribution in [0.4, 0.5) is 13.2 Å². The molecule has 0 aromatic heterocycles. The molecule has 1 saturated heterocycles. The summed E-state index contributed by atoms with van der Waals surface area (Å²) in [7, 11) is 0. The lowest BCUT2D eigenvalue weighted by molar-refractivity contribution is -0.137. The van der Waals surface area contributed by atoms with Gasteiger partial charge in [-0.3, -0.25) is 9.59 Å². The molecule has 1 fully saturated rings. The Hall–Kier alpha value is -2.05. The SMILES string of the molecule is O=C(CN1CCCCCC1=O)NCc1cccc(C(F)(F)F)c1. The molecule has 0 radical (unpaired) electrons. The molecular weight excluding hydrogens is 309 g/mol. The number of hydrogen-bond acceptors (Lipinski definition) is 2. The van der Waals surface area contributed by atoms with E-state index in [0.717, 1.165) is 31.4 Å². The van der Waals surface area contributed by atoms with E-state index in [2.05, 4.69) is 5.32 Å². The monoisotopic (exact) mass is 328 g/mol. The smallest absolute Gasteiger partial charge is 0.350 e. The predicted molar refractivity (Wildman–Crippen MR) is 78.3 cm³/mol. The number of hydrogen-bond donors (Lipinski definition) is 1. The number of nitrogens with one attached hydrogen (secondary N) is 1. The standard InChI is InChI=1S/C16H19F3N2O2/c17-16(18,19)13-6-4-5-12(9-13)10-20-14(22)11-21-8-3-1-2-7-15(21)23/h4-6,9H,1-3,7-8,10-11H2,(H,20,22). The third kappa shape index (κ3) is 5.26. The summed E-state index contributed by atoms with van der Waals surface area (Å²) in [5.41, 5.74) is -0.373. The second kappa shape index (κ2) is 7.48. The average molecular weight is 328 g/mol. The summed E-state index contributed by atoms with van der Waals surface area (Å²) in [5.74, 6) is -0.408. The van der Waals surface area contributed by atoms with Gasteiger partial charge in [0.25, 0.3) is 0 Å². The Bertz CT molecular complexity index is 573. The number of carbonyl (C=O) groups is 2. The molecule has 0 aliphatic carbocycles. The van der Waals surface area contributed by atoms with E-state index in [9.17, 15) is 22.8 Å². The molecule has 2 rings (SSSR count). The van der Waals surface area contributed by atoms with Crippen LogP contribution in [0.2, 0.25) is 0 Å². The van der Waals surface area contributed by atoms with Crippen molar-refractivity contribution < 1.29 is 22.8 Å². The lowest BCUT2D eigenvalue weighted by atomic mass is 10.1. The van der Waals surface area contributed by atoms with Gasteiger partial charge in [-0.25, -0.2) is 0 Å². The molecule has 1 aliphatic heterocycles. The minimum atomic E-state index is -4.40. The van der Waals surface area contributed by atoms with Gasteiger partial charge in [-0.15, -0.1) is 0 Å². The first-order chi connectivity index (χ1) is 10.9. The number of alkyl halides is 3. The van der Waals surface area contributed by atoms with E-state index in [1.165, 1.54) is 17.0 Å². The van der Waals surface area contributed by atoms with Crippen LogP contribution < -0.4 is 5.32 Å². The van der Waals surface area contributed by atoms with Gasteiger partial charge in [0.05, 0.1) is 12.1 Å². The zero-order chi connectivity index (χ0) is 16.9. The second-order valence-electron chi connectivity index (χ2n) is 5.60. The Morgan fingerprint density at radius 1 is 1.22 bits per heavy atom. The number of halogens is 3. The molecule has 0 saturated carbocycles. The predicted octanol–water partition coefficient (Wildman–Crippen LogP) is 2.72. The Morgan fingerprint density at radius 3 is 2.74 bits per heavy atom. The molecule has 4 nitrogen and oxygen atoms in total. The van der Waals surface area contributed by atoms with Crippen molar-refractivity contribution in [3.05, 3.63) is 35.4 Å². The maximum Gasteiger partial charge on any atom is 0.416 e. The second-order valence-corrected chi connectivity index (χ2v) is 5.60. The molecule has 0 bridgehead atoms. The van der Waals surface area contributed by atoms with E-state index in [-0.39, 0.29) is 24.9 Å². The van der Waals surface area contributed by atoms with Gasteiger partial charge >= 0.3 is 6.18 Å². The van der Waals surface area contributed by atoms with Gasteiger partial charge in [0.1, 0.15) is 0 Å². The van der Waals surface area contributed by atoms with Crippen LogP contribution in [0.15, 0.2) is 24.3 Å². The summed E-state index contributed by atoms with van der Waals surface area (Å²) in [6.07, 6.45) is -1.29. The van der Waals surface area contributed by atoms with Crippen molar-refractivity contribution in [3.8, 4) is 0 Å². The summed E-state index contributed by atoms with van der Waals surface area (Å²) in [6.45, 7) is 0.512. The van der Waals surface area contributed by atoms with Crippen LogP contribution >= 0.6 is 0 Å². The zero-order valence-corrected chi connectivity index (χ0v) is 12.7. The molecule has 23 heavy (non-hydrogen) atoms. The summed E-state index contributed by atoms with van der Waals surface area (Å²) in [6, 6.07) is 4.83. The van der Waals surface area contributed by atoms with E-state index in [1.807, 2.05) is 0 Å². The zero-order valence-electron chi connectivity index (χ0n) is 12.7. The van der Waals surface area contributed by atoms with Gasteiger partial charge in [0, 0.05) is 19.5 Å². The molecule has 0 atom stereocenters. The summed E-state index contributed by atoms with van der Waals surface area (Å²) < 4.78 is 37.9. The topological polar surface area (TPSA) is 49.4 Å². The highest BCUT2D eigenvalue weighted by molar-refractivity contribution is 5.84. The summed E-state index contributed by atoms with van der Waals surface area (Å²) in [5, 5.41) is 2.57. The molecule has 1 aromatic carbocycles. The molecule has 126 valence electrons. The molecule has 2 amide bonds. The van der Waals surface area contributed by atoms with Gasteiger partial charge in [-0.2, -0.15) is 13.2 Å². The number of carbonyl (C=O) groups excluding carboxylic acids is 2. The number of benzene rings is 1. The highest BCUT2D eigenvalue weighted by Gasteiger charge is 2.30. The number of amides is 2. The van der Waals surface area contributed by atoms with Crippen molar-refractivity contribution in [2.24, 2.45) is 0 Å². The van der Waals surface area contributed by atoms with Gasteiger partial charge in [0.2, 0.25) is 11.8 Å². The Balaban J connectivity index is 1.88. The van der Waals surface area contributed by atoms with Crippen LogP contribution in [0.3, 0.4) is 0 Å². The fourth-order valence-electron chi connectivity index (χ4n) is 2.49. The number of likely N-dealkylation sites (tertiary alicyclic amines) is 1. The van der Waals surface area contributed by atoms with Gasteiger partial charge in [-0.05, 0) is 30.5 Å². The first-order valence-electron chi connectivity index (χ1n) is 7.57. The van der Waals surface area contributed by atoms with Crippen LogP contribution in [-0.4, -0.2) is 29.8 Å². The first-order valence-corrected chi connectivity index (χ1v) is 7.57. The third-order valence-electron chi connectivity index (χ3n) is 3.75. The maximum absolute atomic E-state index is 12.6. The van der Waals surface area contributed by atoms with E-state index in [4.69, 9.17) is 0 Å². The molecule has 0 unspecified atom stereocenters.